The molecular formula is C19H18O4. The van der Waals surface area contributed by atoms with E-state index in [4.69, 9.17) is 4.42 Å². The van der Waals surface area contributed by atoms with Crippen molar-refractivity contribution in [2.45, 2.75) is 45.1 Å². The maximum atomic E-state index is 12.8. The zero-order valence-electron chi connectivity index (χ0n) is 13.4. The lowest BCUT2D eigenvalue weighted by molar-refractivity contribution is 0.0807. The van der Waals surface area contributed by atoms with Gasteiger partial charge < -0.3 is 9.52 Å². The average Bonchev–Trinajstić information content (AvgIpc) is 2.90. The molecule has 0 saturated carbocycles. The molecule has 0 aliphatic heterocycles. The van der Waals surface area contributed by atoms with Gasteiger partial charge in [-0.3, -0.25) is 9.59 Å². The number of hydrogen-bond acceptors (Lipinski definition) is 4. The van der Waals surface area contributed by atoms with E-state index in [1.54, 1.807) is 6.92 Å². The second-order valence-electron chi connectivity index (χ2n) is 7.17. The number of furan rings is 1. The molecule has 2 aliphatic carbocycles. The van der Waals surface area contributed by atoms with Crippen LogP contribution in [0.4, 0.5) is 0 Å². The highest BCUT2D eigenvalue weighted by atomic mass is 16.3. The third-order valence-electron chi connectivity index (χ3n) is 5.23. The first-order chi connectivity index (χ1) is 10.8. The smallest absolute Gasteiger partial charge is 0.237 e. The fourth-order valence-electron chi connectivity index (χ4n) is 3.92. The van der Waals surface area contributed by atoms with E-state index in [2.05, 4.69) is 13.8 Å². The maximum Gasteiger partial charge on any atom is 0.237 e. The van der Waals surface area contributed by atoms with E-state index in [1.165, 1.54) is 6.26 Å². The molecule has 4 rings (SSSR count). The molecule has 0 radical (unpaired) electrons. The minimum absolute atomic E-state index is 0.133. The molecule has 1 heterocycles. The van der Waals surface area contributed by atoms with Crippen molar-refractivity contribution in [2.24, 2.45) is 0 Å². The zero-order valence-corrected chi connectivity index (χ0v) is 13.4. The normalized spacial score (nSPS) is 21.7. The van der Waals surface area contributed by atoms with Crippen LogP contribution >= 0.6 is 0 Å². The summed E-state index contributed by atoms with van der Waals surface area (Å²) in [7, 11) is 0. The number of carbonyl (C=O) groups excluding carboxylic acids is 2. The summed E-state index contributed by atoms with van der Waals surface area (Å²) >= 11 is 0. The van der Waals surface area contributed by atoms with Crippen LogP contribution in [0.15, 0.2) is 22.8 Å². The molecule has 0 saturated heterocycles. The van der Waals surface area contributed by atoms with Crippen LogP contribution in [0, 0.1) is 6.92 Å². The summed E-state index contributed by atoms with van der Waals surface area (Å²) in [5, 5.41) is 10.5. The number of aliphatic hydroxyl groups excluding tert-OH is 1. The molecule has 1 aromatic carbocycles. The highest BCUT2D eigenvalue weighted by Gasteiger charge is 2.41. The third kappa shape index (κ3) is 1.75. The molecule has 0 bridgehead atoms. The monoisotopic (exact) mass is 310 g/mol. The lowest BCUT2D eigenvalue weighted by atomic mass is 9.68. The Morgan fingerprint density at radius 1 is 1.17 bits per heavy atom. The Morgan fingerprint density at radius 2 is 1.87 bits per heavy atom. The van der Waals surface area contributed by atoms with Gasteiger partial charge in [0.2, 0.25) is 11.6 Å². The molecule has 0 spiro atoms. The fraction of sp³-hybridized carbons (Fsp3) is 0.368. The molecule has 23 heavy (non-hydrogen) atoms. The molecular weight excluding hydrogens is 292 g/mol. The summed E-state index contributed by atoms with van der Waals surface area (Å²) in [6.45, 7) is 5.96. The quantitative estimate of drug-likeness (QED) is 0.753. The number of ketones is 2. The molecule has 0 unspecified atom stereocenters. The largest absolute Gasteiger partial charge is 0.463 e. The van der Waals surface area contributed by atoms with Crippen molar-refractivity contribution in [1.29, 1.82) is 0 Å². The summed E-state index contributed by atoms with van der Waals surface area (Å²) in [5.74, 6) is -0.631. The lowest BCUT2D eigenvalue weighted by Gasteiger charge is -2.37. The molecule has 2 aromatic rings. The number of rotatable bonds is 0. The van der Waals surface area contributed by atoms with Gasteiger partial charge in [0.15, 0.2) is 0 Å². The predicted molar refractivity (Wildman–Crippen MR) is 84.8 cm³/mol. The molecule has 4 heteroatoms. The van der Waals surface area contributed by atoms with Crippen LogP contribution in [0.3, 0.4) is 0 Å². The van der Waals surface area contributed by atoms with E-state index in [1.807, 2.05) is 12.1 Å². The van der Waals surface area contributed by atoms with Gasteiger partial charge in [-0.15, -0.1) is 0 Å². The molecule has 1 atom stereocenters. The van der Waals surface area contributed by atoms with Crippen molar-refractivity contribution in [3.8, 4) is 11.3 Å². The van der Waals surface area contributed by atoms with E-state index >= 15 is 0 Å². The molecule has 1 N–H and O–H groups in total. The number of aliphatic hydroxyl groups is 1. The van der Waals surface area contributed by atoms with Crippen molar-refractivity contribution in [3.63, 3.8) is 0 Å². The number of carbonyl (C=O) groups is 2. The molecule has 1 aromatic heterocycles. The van der Waals surface area contributed by atoms with Crippen LogP contribution in [-0.2, 0) is 5.41 Å². The first kappa shape index (κ1) is 14.4. The average molecular weight is 310 g/mol. The number of hydrogen-bond donors (Lipinski definition) is 1. The first-order valence-corrected chi connectivity index (χ1v) is 7.86. The Morgan fingerprint density at radius 3 is 2.61 bits per heavy atom. The molecule has 2 aliphatic rings. The zero-order chi connectivity index (χ0) is 16.5. The first-order valence-electron chi connectivity index (χ1n) is 7.86. The third-order valence-corrected chi connectivity index (χ3v) is 5.23. The van der Waals surface area contributed by atoms with Crippen LogP contribution < -0.4 is 0 Å². The number of aryl methyl sites for hydroxylation is 1. The molecule has 118 valence electrons. The van der Waals surface area contributed by atoms with Crippen molar-refractivity contribution in [2.75, 3.05) is 0 Å². The topological polar surface area (TPSA) is 67.5 Å². The second kappa shape index (κ2) is 4.42. The van der Waals surface area contributed by atoms with Gasteiger partial charge in [-0.1, -0.05) is 26.0 Å². The van der Waals surface area contributed by atoms with Gasteiger partial charge in [0.25, 0.3) is 0 Å². The maximum absolute atomic E-state index is 12.8. The Hall–Kier alpha value is -2.20. The number of benzene rings is 1. The van der Waals surface area contributed by atoms with E-state index in [0.717, 1.165) is 12.0 Å². The summed E-state index contributed by atoms with van der Waals surface area (Å²) in [4.78, 5) is 25.3. The fourth-order valence-corrected chi connectivity index (χ4v) is 3.92. The van der Waals surface area contributed by atoms with Crippen LogP contribution in [0.1, 0.15) is 70.2 Å². The van der Waals surface area contributed by atoms with Gasteiger partial charge in [-0.05, 0) is 41.9 Å². The van der Waals surface area contributed by atoms with Gasteiger partial charge in [0.1, 0.15) is 5.76 Å². The lowest BCUT2D eigenvalue weighted by Crippen LogP contribution is -2.31. The number of fused-ring (bicyclic) bond motifs is 5. The van der Waals surface area contributed by atoms with Crippen molar-refractivity contribution in [3.05, 3.63) is 46.2 Å². The predicted octanol–water partition coefficient (Wildman–Crippen LogP) is 3.74. The minimum atomic E-state index is -0.720. The molecule has 0 amide bonds. The van der Waals surface area contributed by atoms with Gasteiger partial charge in [0.05, 0.1) is 17.9 Å². The SMILES string of the molecule is Cc1coc2c1C(=O)C(=O)c1c-2ccc2c1[C@H](O)CCC2(C)C. The van der Waals surface area contributed by atoms with Gasteiger partial charge in [-0.2, -0.15) is 0 Å². The Kier molecular flexibility index (Phi) is 2.77. The highest BCUT2D eigenvalue weighted by molar-refractivity contribution is 6.53. The van der Waals surface area contributed by atoms with E-state index in [9.17, 15) is 14.7 Å². The Bertz CT molecular complexity index is 870. The van der Waals surface area contributed by atoms with E-state index in [0.29, 0.717) is 40.0 Å². The second-order valence-corrected chi connectivity index (χ2v) is 7.17. The Labute approximate surface area is 134 Å². The van der Waals surface area contributed by atoms with Crippen LogP contribution in [0.25, 0.3) is 11.3 Å². The van der Waals surface area contributed by atoms with Crippen molar-refractivity contribution < 1.29 is 19.1 Å². The standard InChI is InChI=1S/C19H18O4/c1-9-8-23-18-10-4-5-11-15(12(20)6-7-19(11,2)3)14(10)17(22)16(21)13(9)18/h4-5,8,12,20H,6-7H2,1-3H3/t12-/m1/s1. The minimum Gasteiger partial charge on any atom is -0.463 e. The van der Waals surface area contributed by atoms with Crippen molar-refractivity contribution in [1.82, 2.24) is 0 Å². The van der Waals surface area contributed by atoms with Gasteiger partial charge in [-0.25, -0.2) is 0 Å². The Balaban J connectivity index is 2.10. The van der Waals surface area contributed by atoms with Crippen molar-refractivity contribution >= 4 is 11.6 Å². The summed E-state index contributed by atoms with van der Waals surface area (Å²) in [6, 6.07) is 3.81. The molecule has 0 fully saturated rings. The van der Waals surface area contributed by atoms with E-state index < -0.39 is 17.7 Å². The summed E-state index contributed by atoms with van der Waals surface area (Å²) in [5.41, 5.74) is 3.39. The van der Waals surface area contributed by atoms with Crippen LogP contribution in [0.5, 0.6) is 0 Å². The highest BCUT2D eigenvalue weighted by Crippen LogP contribution is 2.47. The summed E-state index contributed by atoms with van der Waals surface area (Å²) in [6.07, 6.45) is 2.21. The van der Waals surface area contributed by atoms with Crippen LogP contribution in [0.2, 0.25) is 0 Å². The summed E-state index contributed by atoms with van der Waals surface area (Å²) < 4.78 is 5.56. The number of Topliss-reactive ketones (excluding diaryl/α,β-unsaturated/α-hetero) is 2. The van der Waals surface area contributed by atoms with Crippen LogP contribution in [-0.4, -0.2) is 16.7 Å². The van der Waals surface area contributed by atoms with Gasteiger partial charge in [0, 0.05) is 11.1 Å². The molecule has 4 nitrogen and oxygen atoms in total. The van der Waals surface area contributed by atoms with E-state index in [-0.39, 0.29) is 5.41 Å². The van der Waals surface area contributed by atoms with Gasteiger partial charge >= 0.3 is 0 Å².